The molecule has 5 rings (SSSR count). The van der Waals surface area contributed by atoms with Crippen LogP contribution in [0.3, 0.4) is 0 Å². The fourth-order valence-corrected chi connectivity index (χ4v) is 6.48. The Morgan fingerprint density at radius 3 is 2.49 bits per heavy atom. The van der Waals surface area contributed by atoms with Crippen molar-refractivity contribution in [1.29, 1.82) is 0 Å². The first kappa shape index (κ1) is 27.4. The van der Waals surface area contributed by atoms with Crippen LogP contribution in [0, 0.1) is 6.92 Å². The zero-order chi connectivity index (χ0) is 28.0. The Balaban J connectivity index is 1.78. The number of carboxylic acid groups (broad SMARTS) is 1. The van der Waals surface area contributed by atoms with Gasteiger partial charge in [-0.2, -0.15) is 4.98 Å². The lowest BCUT2D eigenvalue weighted by Crippen LogP contribution is -2.58. The molecule has 1 saturated heterocycles. The van der Waals surface area contributed by atoms with Crippen LogP contribution in [0.15, 0.2) is 23.1 Å². The molecule has 0 aromatic carbocycles. The fraction of sp³-hybridized carbons (Fsp3) is 0.552. The molecule has 208 valence electrons. The van der Waals surface area contributed by atoms with E-state index in [-0.39, 0.29) is 23.9 Å². The van der Waals surface area contributed by atoms with E-state index in [2.05, 4.69) is 23.8 Å². The smallest absolute Gasteiger partial charge is 0.407 e. The second-order valence-electron chi connectivity index (χ2n) is 11.4. The molecule has 3 aromatic rings. The molecule has 1 saturated carbocycles. The molecular weight excluding hydrogens is 516 g/mol. The minimum Gasteiger partial charge on any atom is -0.465 e. The van der Waals surface area contributed by atoms with E-state index < -0.39 is 11.8 Å². The van der Waals surface area contributed by atoms with Gasteiger partial charge in [-0.1, -0.05) is 44.7 Å². The number of anilines is 1. The lowest BCUT2D eigenvalue weighted by atomic mass is 9.86. The predicted octanol–water partition coefficient (Wildman–Crippen LogP) is 5.89. The number of amides is 1. The van der Waals surface area contributed by atoms with E-state index >= 15 is 0 Å². The van der Waals surface area contributed by atoms with E-state index in [0.29, 0.717) is 40.7 Å². The molecule has 10 heteroatoms. The largest absolute Gasteiger partial charge is 0.465 e. The molecular formula is C29H37ClN6O3. The van der Waals surface area contributed by atoms with Crippen molar-refractivity contribution in [3.05, 3.63) is 50.8 Å². The Labute approximate surface area is 233 Å². The summed E-state index contributed by atoms with van der Waals surface area (Å²) in [7, 11) is 0. The molecule has 0 bridgehead atoms. The molecule has 2 aliphatic rings. The highest BCUT2D eigenvalue weighted by atomic mass is 35.5. The van der Waals surface area contributed by atoms with Gasteiger partial charge in [0.2, 0.25) is 0 Å². The summed E-state index contributed by atoms with van der Waals surface area (Å²) in [5.74, 6) is 0.818. The monoisotopic (exact) mass is 552 g/mol. The van der Waals surface area contributed by atoms with Crippen LogP contribution >= 0.6 is 11.6 Å². The molecule has 1 aliphatic heterocycles. The number of aromatic nitrogens is 4. The van der Waals surface area contributed by atoms with Crippen LogP contribution in [0.4, 0.5) is 10.6 Å². The van der Waals surface area contributed by atoms with Gasteiger partial charge in [-0.15, -0.1) is 0 Å². The van der Waals surface area contributed by atoms with Gasteiger partial charge < -0.3 is 14.9 Å². The number of fused-ring (bicyclic) bond motifs is 1. The summed E-state index contributed by atoms with van der Waals surface area (Å²) in [5.41, 5.74) is 3.36. The predicted molar refractivity (Wildman–Crippen MR) is 154 cm³/mol. The summed E-state index contributed by atoms with van der Waals surface area (Å²) in [6, 6.07) is 3.36. The molecule has 2 fully saturated rings. The number of hydrogen-bond donors (Lipinski definition) is 1. The molecule has 0 unspecified atom stereocenters. The van der Waals surface area contributed by atoms with Gasteiger partial charge in [0.05, 0.1) is 27.5 Å². The number of pyridine rings is 2. The Kier molecular flexibility index (Phi) is 7.55. The summed E-state index contributed by atoms with van der Waals surface area (Å²) < 4.78 is 1.61. The normalized spacial score (nSPS) is 20.7. The highest BCUT2D eigenvalue weighted by Crippen LogP contribution is 2.39. The Hall–Kier alpha value is -3.20. The third-order valence-corrected chi connectivity index (χ3v) is 8.55. The first-order valence-electron chi connectivity index (χ1n) is 13.9. The maximum Gasteiger partial charge on any atom is 0.407 e. The minimum absolute atomic E-state index is 0.0802. The van der Waals surface area contributed by atoms with Gasteiger partial charge in [-0.3, -0.25) is 4.98 Å². The lowest BCUT2D eigenvalue weighted by Gasteiger charge is -2.43. The third-order valence-electron chi connectivity index (χ3n) is 8.25. The summed E-state index contributed by atoms with van der Waals surface area (Å²) in [6.45, 7) is 10.6. The van der Waals surface area contributed by atoms with E-state index in [1.165, 1.54) is 11.3 Å². The van der Waals surface area contributed by atoms with Crippen LogP contribution in [-0.2, 0) is 0 Å². The zero-order valence-corrected chi connectivity index (χ0v) is 24.1. The number of piperazine rings is 1. The zero-order valence-electron chi connectivity index (χ0n) is 23.3. The van der Waals surface area contributed by atoms with Crippen LogP contribution in [0.5, 0.6) is 0 Å². The minimum atomic E-state index is -0.947. The van der Waals surface area contributed by atoms with Crippen LogP contribution in [0.2, 0.25) is 5.02 Å². The first-order valence-corrected chi connectivity index (χ1v) is 14.3. The third kappa shape index (κ3) is 4.97. The van der Waals surface area contributed by atoms with Crippen molar-refractivity contribution < 1.29 is 9.90 Å². The van der Waals surface area contributed by atoms with Gasteiger partial charge in [0, 0.05) is 37.3 Å². The van der Waals surface area contributed by atoms with Gasteiger partial charge in [0.25, 0.3) is 0 Å². The standard InChI is InChI=1S/C29H37ClN6O3/c1-16(2)23-25(17(3)11-12-31-23)36-27-21(13-22(30)24(32-27)20-9-7-6-8-10-20)26(33-28(36)37)34-14-19(5)35(29(38)39)15-18(34)4/h11-13,16,18-20H,6-10,14-15H2,1-5H3,(H,38,39)/t18-,19+/m0/s1. The van der Waals surface area contributed by atoms with E-state index in [1.54, 1.807) is 10.8 Å². The number of carbonyl (C=O) groups is 1. The van der Waals surface area contributed by atoms with E-state index in [1.807, 2.05) is 37.8 Å². The number of nitrogens with zero attached hydrogens (tertiary/aromatic N) is 6. The maximum absolute atomic E-state index is 14.0. The SMILES string of the molecule is Cc1ccnc(C(C)C)c1-n1c(=O)nc(N2C[C@@H](C)N(C(=O)O)C[C@@H]2C)c2cc(Cl)c(C3CCCCC3)nc21. The molecule has 9 nitrogen and oxygen atoms in total. The molecule has 0 spiro atoms. The van der Waals surface area contributed by atoms with Crippen LogP contribution in [0.1, 0.15) is 88.6 Å². The van der Waals surface area contributed by atoms with E-state index in [9.17, 15) is 14.7 Å². The highest BCUT2D eigenvalue weighted by Gasteiger charge is 2.35. The van der Waals surface area contributed by atoms with Gasteiger partial charge in [0.1, 0.15) is 5.82 Å². The molecule has 1 amide bonds. The Morgan fingerprint density at radius 2 is 1.82 bits per heavy atom. The summed E-state index contributed by atoms with van der Waals surface area (Å²) in [5, 5.41) is 10.9. The molecule has 1 N–H and O–H groups in total. The topological polar surface area (TPSA) is 104 Å². The molecule has 0 radical (unpaired) electrons. The molecule has 1 aliphatic carbocycles. The lowest BCUT2D eigenvalue weighted by molar-refractivity contribution is 0.114. The average Bonchev–Trinajstić information content (AvgIpc) is 2.90. The van der Waals surface area contributed by atoms with Crippen LogP contribution in [-0.4, -0.2) is 60.8 Å². The van der Waals surface area contributed by atoms with Gasteiger partial charge in [-0.05, 0) is 57.2 Å². The average molecular weight is 553 g/mol. The van der Waals surface area contributed by atoms with Crippen molar-refractivity contribution in [2.45, 2.75) is 90.6 Å². The highest BCUT2D eigenvalue weighted by molar-refractivity contribution is 6.32. The summed E-state index contributed by atoms with van der Waals surface area (Å²) in [6.07, 6.45) is 6.36. The van der Waals surface area contributed by atoms with E-state index in [0.717, 1.165) is 42.6 Å². The van der Waals surface area contributed by atoms with Crippen molar-refractivity contribution in [2.75, 3.05) is 18.0 Å². The van der Waals surface area contributed by atoms with Crippen LogP contribution in [0.25, 0.3) is 16.7 Å². The van der Waals surface area contributed by atoms with Gasteiger partial charge in [0.15, 0.2) is 5.65 Å². The number of hydrogen-bond acceptors (Lipinski definition) is 6. The summed E-state index contributed by atoms with van der Waals surface area (Å²) >= 11 is 6.93. The molecule has 2 atom stereocenters. The maximum atomic E-state index is 14.0. The van der Waals surface area contributed by atoms with Crippen molar-refractivity contribution in [1.82, 2.24) is 24.4 Å². The quantitative estimate of drug-likeness (QED) is 0.430. The van der Waals surface area contributed by atoms with Crippen LogP contribution < -0.4 is 10.6 Å². The van der Waals surface area contributed by atoms with Crippen molar-refractivity contribution in [3.8, 4) is 5.69 Å². The number of rotatable bonds is 4. The van der Waals surface area contributed by atoms with Gasteiger partial charge in [-0.25, -0.2) is 19.1 Å². The van der Waals surface area contributed by atoms with Crippen molar-refractivity contribution >= 4 is 34.5 Å². The molecule has 3 aromatic heterocycles. The number of halogens is 1. The molecule has 4 heterocycles. The summed E-state index contributed by atoms with van der Waals surface area (Å²) in [4.78, 5) is 43.6. The fourth-order valence-electron chi connectivity index (χ4n) is 6.18. The van der Waals surface area contributed by atoms with E-state index in [4.69, 9.17) is 16.6 Å². The molecule has 39 heavy (non-hydrogen) atoms. The second kappa shape index (κ2) is 10.8. The van der Waals surface area contributed by atoms with Gasteiger partial charge >= 0.3 is 11.8 Å². The second-order valence-corrected chi connectivity index (χ2v) is 11.8. The van der Waals surface area contributed by atoms with Crippen molar-refractivity contribution in [2.24, 2.45) is 0 Å². The number of aryl methyl sites for hydroxylation is 1. The van der Waals surface area contributed by atoms with Crippen molar-refractivity contribution in [3.63, 3.8) is 0 Å². The first-order chi connectivity index (χ1) is 18.6. The Morgan fingerprint density at radius 1 is 1.10 bits per heavy atom. The Bertz CT molecular complexity index is 1470.